The predicted octanol–water partition coefficient (Wildman–Crippen LogP) is 3.56. The quantitative estimate of drug-likeness (QED) is 0.790. The van der Waals surface area contributed by atoms with E-state index >= 15 is 0 Å². The van der Waals surface area contributed by atoms with Crippen molar-refractivity contribution in [1.82, 2.24) is 4.90 Å². The van der Waals surface area contributed by atoms with Crippen molar-refractivity contribution in [2.45, 2.75) is 32.1 Å². The van der Waals surface area contributed by atoms with Gasteiger partial charge in [-0.1, -0.05) is 42.5 Å². The molecule has 2 heterocycles. The molecule has 2 fully saturated rings. The van der Waals surface area contributed by atoms with Crippen molar-refractivity contribution in [3.8, 4) is 0 Å². The Morgan fingerprint density at radius 1 is 1.04 bits per heavy atom. The summed E-state index contributed by atoms with van der Waals surface area (Å²) < 4.78 is 11.6. The van der Waals surface area contributed by atoms with Gasteiger partial charge in [0.1, 0.15) is 0 Å². The van der Waals surface area contributed by atoms with Crippen LogP contribution in [0.5, 0.6) is 0 Å². The van der Waals surface area contributed by atoms with Gasteiger partial charge in [0.2, 0.25) is 0 Å². The maximum atomic E-state index is 12.8. The Morgan fingerprint density at radius 2 is 1.77 bits per heavy atom. The third kappa shape index (κ3) is 3.58. The highest BCUT2D eigenvalue weighted by atomic mass is 16.7. The molecule has 0 radical (unpaired) electrons. The van der Waals surface area contributed by atoms with E-state index in [0.717, 1.165) is 49.2 Å². The fraction of sp³-hybridized carbons (Fsp3) is 0.409. The molecule has 0 amide bonds. The third-order valence-electron chi connectivity index (χ3n) is 5.42. The van der Waals surface area contributed by atoms with Crippen molar-refractivity contribution in [1.29, 1.82) is 0 Å². The number of carbonyl (C=O) groups excluding carboxylic acids is 1. The number of ketones is 1. The van der Waals surface area contributed by atoms with E-state index in [1.807, 2.05) is 49.4 Å². The molecule has 0 N–H and O–H groups in total. The lowest BCUT2D eigenvalue weighted by molar-refractivity contribution is -0.185. The summed E-state index contributed by atoms with van der Waals surface area (Å²) >= 11 is 0. The van der Waals surface area contributed by atoms with E-state index in [1.165, 1.54) is 5.56 Å². The normalized spacial score (nSPS) is 19.7. The van der Waals surface area contributed by atoms with Gasteiger partial charge in [-0.2, -0.15) is 0 Å². The number of piperidine rings is 1. The zero-order valence-corrected chi connectivity index (χ0v) is 15.2. The van der Waals surface area contributed by atoms with E-state index < -0.39 is 0 Å². The van der Waals surface area contributed by atoms with Crippen LogP contribution in [0.4, 0.5) is 0 Å². The molecule has 2 saturated heterocycles. The lowest BCUT2D eigenvalue weighted by atomic mass is 9.97. The zero-order valence-electron chi connectivity index (χ0n) is 15.2. The smallest absolute Gasteiger partial charge is 0.193 e. The summed E-state index contributed by atoms with van der Waals surface area (Å²) in [5.41, 5.74) is 3.72. The second-order valence-electron chi connectivity index (χ2n) is 7.23. The number of hydrogen-bond donors (Lipinski definition) is 0. The van der Waals surface area contributed by atoms with Crippen LogP contribution in [-0.4, -0.2) is 42.8 Å². The second-order valence-corrected chi connectivity index (χ2v) is 7.23. The summed E-state index contributed by atoms with van der Waals surface area (Å²) in [6.07, 6.45) is 1.82. The van der Waals surface area contributed by atoms with E-state index in [2.05, 4.69) is 11.0 Å². The van der Waals surface area contributed by atoms with Crippen LogP contribution in [0.15, 0.2) is 48.5 Å². The van der Waals surface area contributed by atoms with Crippen LogP contribution >= 0.6 is 0 Å². The van der Waals surface area contributed by atoms with E-state index in [4.69, 9.17) is 9.47 Å². The summed E-state index contributed by atoms with van der Waals surface area (Å²) in [6.45, 7) is 6.16. The number of hydrogen-bond acceptors (Lipinski definition) is 4. The van der Waals surface area contributed by atoms with Gasteiger partial charge in [-0.15, -0.1) is 0 Å². The SMILES string of the molecule is Cc1ccccc1C(=O)c1cccc(CN2CCC3(CC2)OCCO3)c1. The van der Waals surface area contributed by atoms with Gasteiger partial charge in [-0.25, -0.2) is 0 Å². The van der Waals surface area contributed by atoms with Gasteiger partial charge < -0.3 is 9.47 Å². The minimum atomic E-state index is -0.334. The number of carbonyl (C=O) groups is 1. The minimum Gasteiger partial charge on any atom is -0.347 e. The lowest BCUT2D eigenvalue weighted by Gasteiger charge is -2.37. The Bertz CT molecular complexity index is 785. The van der Waals surface area contributed by atoms with Crippen LogP contribution in [0.25, 0.3) is 0 Å². The monoisotopic (exact) mass is 351 g/mol. The van der Waals surface area contributed by atoms with Gasteiger partial charge in [0.05, 0.1) is 13.2 Å². The molecule has 0 unspecified atom stereocenters. The molecule has 1 spiro atoms. The van der Waals surface area contributed by atoms with E-state index in [-0.39, 0.29) is 11.6 Å². The van der Waals surface area contributed by atoms with Crippen molar-refractivity contribution >= 4 is 5.78 Å². The Balaban J connectivity index is 1.43. The number of nitrogens with zero attached hydrogens (tertiary/aromatic N) is 1. The van der Waals surface area contributed by atoms with Gasteiger partial charge in [-0.3, -0.25) is 9.69 Å². The largest absolute Gasteiger partial charge is 0.347 e. The maximum Gasteiger partial charge on any atom is 0.193 e. The Morgan fingerprint density at radius 3 is 2.50 bits per heavy atom. The molecule has 2 aliphatic heterocycles. The molecule has 0 aromatic heterocycles. The molecule has 2 aromatic rings. The van der Waals surface area contributed by atoms with Crippen molar-refractivity contribution < 1.29 is 14.3 Å². The second kappa shape index (κ2) is 7.31. The van der Waals surface area contributed by atoms with Crippen molar-refractivity contribution in [2.24, 2.45) is 0 Å². The summed E-state index contributed by atoms with van der Waals surface area (Å²) in [6, 6.07) is 15.8. The molecule has 0 saturated carbocycles. The Kier molecular flexibility index (Phi) is 4.90. The molecule has 0 atom stereocenters. The highest BCUT2D eigenvalue weighted by Crippen LogP contribution is 2.31. The van der Waals surface area contributed by atoms with Gasteiger partial charge in [0.25, 0.3) is 0 Å². The molecule has 26 heavy (non-hydrogen) atoms. The van der Waals surface area contributed by atoms with E-state index in [1.54, 1.807) is 0 Å². The number of likely N-dealkylation sites (tertiary alicyclic amines) is 1. The molecule has 2 aliphatic rings. The topological polar surface area (TPSA) is 38.8 Å². The van der Waals surface area contributed by atoms with Gasteiger partial charge in [-0.05, 0) is 24.1 Å². The van der Waals surface area contributed by atoms with Crippen molar-refractivity contribution in [3.05, 3.63) is 70.8 Å². The predicted molar refractivity (Wildman–Crippen MR) is 100 cm³/mol. The summed E-state index contributed by atoms with van der Waals surface area (Å²) in [4.78, 5) is 15.2. The molecule has 4 rings (SSSR count). The standard InChI is InChI=1S/C22H25NO3/c1-17-5-2-3-8-20(17)21(24)19-7-4-6-18(15-19)16-23-11-9-22(10-12-23)25-13-14-26-22/h2-8,15H,9-14,16H2,1H3. The molecule has 4 nitrogen and oxygen atoms in total. The Hall–Kier alpha value is -2.01. The van der Waals surface area contributed by atoms with Crippen LogP contribution in [0, 0.1) is 6.92 Å². The number of benzene rings is 2. The highest BCUT2D eigenvalue weighted by molar-refractivity contribution is 6.09. The first-order valence-corrected chi connectivity index (χ1v) is 9.35. The average molecular weight is 351 g/mol. The summed E-state index contributed by atoms with van der Waals surface area (Å²) in [5, 5.41) is 0. The summed E-state index contributed by atoms with van der Waals surface area (Å²) in [7, 11) is 0. The first-order valence-electron chi connectivity index (χ1n) is 9.35. The Labute approximate surface area is 154 Å². The number of aryl methyl sites for hydroxylation is 1. The lowest BCUT2D eigenvalue weighted by Crippen LogP contribution is -2.44. The van der Waals surface area contributed by atoms with Crippen LogP contribution in [-0.2, 0) is 16.0 Å². The molecule has 2 aromatic carbocycles. The van der Waals surface area contributed by atoms with E-state index in [0.29, 0.717) is 13.2 Å². The molecule has 136 valence electrons. The molecular formula is C22H25NO3. The minimum absolute atomic E-state index is 0.0929. The molecule has 0 bridgehead atoms. The van der Waals surface area contributed by atoms with Crippen LogP contribution in [0.2, 0.25) is 0 Å². The van der Waals surface area contributed by atoms with Gasteiger partial charge in [0, 0.05) is 43.6 Å². The van der Waals surface area contributed by atoms with Crippen molar-refractivity contribution in [2.75, 3.05) is 26.3 Å². The summed E-state index contributed by atoms with van der Waals surface area (Å²) in [5.74, 6) is -0.241. The van der Waals surface area contributed by atoms with E-state index in [9.17, 15) is 4.79 Å². The fourth-order valence-corrected chi connectivity index (χ4v) is 3.89. The third-order valence-corrected chi connectivity index (χ3v) is 5.42. The fourth-order valence-electron chi connectivity index (χ4n) is 3.89. The molecule has 0 aliphatic carbocycles. The van der Waals surface area contributed by atoms with Crippen LogP contribution < -0.4 is 0 Å². The van der Waals surface area contributed by atoms with Crippen LogP contribution in [0.1, 0.15) is 39.9 Å². The van der Waals surface area contributed by atoms with Gasteiger partial charge >= 0.3 is 0 Å². The van der Waals surface area contributed by atoms with Gasteiger partial charge in [0.15, 0.2) is 11.6 Å². The number of rotatable bonds is 4. The highest BCUT2D eigenvalue weighted by Gasteiger charge is 2.39. The van der Waals surface area contributed by atoms with Crippen LogP contribution in [0.3, 0.4) is 0 Å². The molecular weight excluding hydrogens is 326 g/mol. The molecule has 4 heteroatoms. The first-order chi connectivity index (χ1) is 12.7. The van der Waals surface area contributed by atoms with Crippen molar-refractivity contribution in [3.63, 3.8) is 0 Å². The maximum absolute atomic E-state index is 12.8. The number of ether oxygens (including phenoxy) is 2. The zero-order chi connectivity index (χ0) is 18.0. The average Bonchev–Trinajstić information content (AvgIpc) is 3.12. The first kappa shape index (κ1) is 17.4.